The molecule has 3 aromatic rings. The second-order valence-corrected chi connectivity index (χ2v) is 7.29. The SMILES string of the molecule is Cc1cccc(-c2cccc(C3C[C@H](C)Cc4ccccc43)c2)c1. The molecule has 0 heteroatoms. The molecule has 0 fully saturated rings. The first-order valence-corrected chi connectivity index (χ1v) is 8.95. The van der Waals surface area contributed by atoms with Crippen molar-refractivity contribution in [3.05, 3.63) is 95.1 Å². The molecule has 1 aliphatic carbocycles. The minimum absolute atomic E-state index is 0.523. The van der Waals surface area contributed by atoms with Gasteiger partial charge >= 0.3 is 0 Å². The van der Waals surface area contributed by atoms with Gasteiger partial charge in [0.2, 0.25) is 0 Å². The second-order valence-electron chi connectivity index (χ2n) is 7.29. The number of hydrogen-bond donors (Lipinski definition) is 0. The average Bonchev–Trinajstić information content (AvgIpc) is 2.61. The zero-order valence-electron chi connectivity index (χ0n) is 14.5. The van der Waals surface area contributed by atoms with Crippen LogP contribution in [0.25, 0.3) is 11.1 Å². The zero-order chi connectivity index (χ0) is 16.5. The van der Waals surface area contributed by atoms with Crippen LogP contribution in [-0.2, 0) is 6.42 Å². The molecule has 0 N–H and O–H groups in total. The fraction of sp³-hybridized carbons (Fsp3) is 0.250. The van der Waals surface area contributed by atoms with Crippen molar-refractivity contribution in [3.8, 4) is 11.1 Å². The van der Waals surface area contributed by atoms with Crippen molar-refractivity contribution >= 4 is 0 Å². The highest BCUT2D eigenvalue weighted by atomic mass is 14.3. The van der Waals surface area contributed by atoms with Crippen molar-refractivity contribution in [1.29, 1.82) is 0 Å². The van der Waals surface area contributed by atoms with Crippen LogP contribution in [0.5, 0.6) is 0 Å². The van der Waals surface area contributed by atoms with E-state index in [4.69, 9.17) is 0 Å². The summed E-state index contributed by atoms with van der Waals surface area (Å²) in [4.78, 5) is 0. The van der Waals surface area contributed by atoms with Crippen LogP contribution in [0, 0.1) is 12.8 Å². The van der Waals surface area contributed by atoms with Crippen LogP contribution in [0.3, 0.4) is 0 Å². The van der Waals surface area contributed by atoms with Gasteiger partial charge in [-0.25, -0.2) is 0 Å². The third kappa shape index (κ3) is 2.89. The predicted octanol–water partition coefficient (Wildman–Crippen LogP) is 6.38. The summed E-state index contributed by atoms with van der Waals surface area (Å²) in [5.74, 6) is 1.27. The van der Waals surface area contributed by atoms with E-state index < -0.39 is 0 Å². The number of rotatable bonds is 2. The monoisotopic (exact) mass is 312 g/mol. The van der Waals surface area contributed by atoms with E-state index in [0.29, 0.717) is 5.92 Å². The maximum absolute atomic E-state index is 2.40. The highest BCUT2D eigenvalue weighted by Gasteiger charge is 2.25. The van der Waals surface area contributed by atoms with Gasteiger partial charge in [0.15, 0.2) is 0 Å². The van der Waals surface area contributed by atoms with Gasteiger partial charge in [0.25, 0.3) is 0 Å². The molecular formula is C24H24. The molecule has 0 saturated heterocycles. The molecule has 0 aliphatic heterocycles. The smallest absolute Gasteiger partial charge is 0.00949 e. The molecule has 120 valence electrons. The quantitative estimate of drug-likeness (QED) is 0.515. The number of aryl methyl sites for hydroxylation is 1. The molecule has 3 aromatic carbocycles. The van der Waals surface area contributed by atoms with Gasteiger partial charge < -0.3 is 0 Å². The van der Waals surface area contributed by atoms with Gasteiger partial charge in [0.1, 0.15) is 0 Å². The Balaban J connectivity index is 1.77. The molecule has 1 aliphatic rings. The molecule has 0 radical (unpaired) electrons. The average molecular weight is 312 g/mol. The van der Waals surface area contributed by atoms with Crippen molar-refractivity contribution in [2.75, 3.05) is 0 Å². The van der Waals surface area contributed by atoms with E-state index in [1.54, 1.807) is 0 Å². The van der Waals surface area contributed by atoms with Crippen LogP contribution in [0.4, 0.5) is 0 Å². The van der Waals surface area contributed by atoms with E-state index in [-0.39, 0.29) is 0 Å². The Bertz CT molecular complexity index is 859. The van der Waals surface area contributed by atoms with Gasteiger partial charge in [-0.05, 0) is 53.5 Å². The summed E-state index contributed by atoms with van der Waals surface area (Å²) in [5, 5.41) is 0. The van der Waals surface area contributed by atoms with Crippen LogP contribution >= 0.6 is 0 Å². The van der Waals surface area contributed by atoms with Crippen LogP contribution in [0.2, 0.25) is 0 Å². The van der Waals surface area contributed by atoms with Gasteiger partial charge in [-0.1, -0.05) is 85.3 Å². The predicted molar refractivity (Wildman–Crippen MR) is 102 cm³/mol. The first-order valence-electron chi connectivity index (χ1n) is 8.95. The lowest BCUT2D eigenvalue weighted by atomic mass is 9.74. The van der Waals surface area contributed by atoms with E-state index in [1.165, 1.54) is 46.2 Å². The molecule has 4 rings (SSSR count). The van der Waals surface area contributed by atoms with E-state index in [2.05, 4.69) is 86.6 Å². The molecule has 24 heavy (non-hydrogen) atoms. The second kappa shape index (κ2) is 6.28. The molecule has 2 atom stereocenters. The first-order chi connectivity index (χ1) is 11.7. The van der Waals surface area contributed by atoms with Crippen molar-refractivity contribution < 1.29 is 0 Å². The highest BCUT2D eigenvalue weighted by molar-refractivity contribution is 5.65. The maximum Gasteiger partial charge on any atom is 0.00949 e. The molecule has 0 nitrogen and oxygen atoms in total. The number of benzene rings is 3. The molecule has 0 heterocycles. The molecule has 0 aromatic heterocycles. The van der Waals surface area contributed by atoms with Gasteiger partial charge in [0.05, 0.1) is 0 Å². The van der Waals surface area contributed by atoms with E-state index in [0.717, 1.165) is 5.92 Å². The van der Waals surface area contributed by atoms with Crippen LogP contribution in [0.15, 0.2) is 72.8 Å². The van der Waals surface area contributed by atoms with Gasteiger partial charge in [-0.2, -0.15) is 0 Å². The fourth-order valence-corrected chi connectivity index (χ4v) is 4.12. The Morgan fingerprint density at radius 1 is 0.792 bits per heavy atom. The number of hydrogen-bond acceptors (Lipinski definition) is 0. The van der Waals surface area contributed by atoms with E-state index in [9.17, 15) is 0 Å². The van der Waals surface area contributed by atoms with Crippen LogP contribution < -0.4 is 0 Å². The summed E-state index contributed by atoms with van der Waals surface area (Å²) in [6.07, 6.45) is 2.46. The van der Waals surface area contributed by atoms with Crippen LogP contribution in [-0.4, -0.2) is 0 Å². The molecule has 0 saturated carbocycles. The lowest BCUT2D eigenvalue weighted by molar-refractivity contribution is 0.464. The van der Waals surface area contributed by atoms with Crippen molar-refractivity contribution in [1.82, 2.24) is 0 Å². The third-order valence-electron chi connectivity index (χ3n) is 5.28. The third-order valence-corrected chi connectivity index (χ3v) is 5.28. The minimum Gasteiger partial charge on any atom is -0.0622 e. The summed E-state index contributed by atoms with van der Waals surface area (Å²) in [5.41, 5.74) is 8.46. The van der Waals surface area contributed by atoms with E-state index in [1.807, 2.05) is 0 Å². The molecular weight excluding hydrogens is 288 g/mol. The lowest BCUT2D eigenvalue weighted by Crippen LogP contribution is -2.17. The summed E-state index contributed by atoms with van der Waals surface area (Å²) in [6.45, 7) is 4.54. The number of fused-ring (bicyclic) bond motifs is 1. The Hall–Kier alpha value is -2.34. The Labute approximate surface area is 145 Å². The molecule has 0 bridgehead atoms. The summed E-state index contributed by atoms with van der Waals surface area (Å²) in [7, 11) is 0. The normalized spacial score (nSPS) is 19.8. The molecule has 0 amide bonds. The molecule has 0 spiro atoms. The molecule has 1 unspecified atom stereocenters. The van der Waals surface area contributed by atoms with Crippen molar-refractivity contribution in [2.45, 2.75) is 32.6 Å². The topological polar surface area (TPSA) is 0 Å². The van der Waals surface area contributed by atoms with Gasteiger partial charge in [0, 0.05) is 5.92 Å². The summed E-state index contributed by atoms with van der Waals surface area (Å²) < 4.78 is 0. The Morgan fingerprint density at radius 2 is 1.54 bits per heavy atom. The lowest BCUT2D eigenvalue weighted by Gasteiger charge is -2.30. The Morgan fingerprint density at radius 3 is 2.38 bits per heavy atom. The van der Waals surface area contributed by atoms with Gasteiger partial charge in [-0.3, -0.25) is 0 Å². The first kappa shape index (κ1) is 15.2. The zero-order valence-corrected chi connectivity index (χ0v) is 14.5. The highest BCUT2D eigenvalue weighted by Crippen LogP contribution is 2.40. The maximum atomic E-state index is 2.40. The fourth-order valence-electron chi connectivity index (χ4n) is 4.12. The van der Waals surface area contributed by atoms with E-state index >= 15 is 0 Å². The largest absolute Gasteiger partial charge is 0.0622 e. The standard InChI is InChI=1S/C24H24/c1-17-7-5-9-19(13-17)20-10-6-11-22(16-20)24-15-18(2)14-21-8-3-4-12-23(21)24/h3-13,16,18,24H,14-15H2,1-2H3/t18-,24?/m1/s1. The van der Waals surface area contributed by atoms with Crippen molar-refractivity contribution in [2.24, 2.45) is 5.92 Å². The summed E-state index contributed by atoms with van der Waals surface area (Å²) in [6, 6.07) is 26.9. The minimum atomic E-state index is 0.523. The van der Waals surface area contributed by atoms with Crippen LogP contribution in [0.1, 0.15) is 41.5 Å². The summed E-state index contributed by atoms with van der Waals surface area (Å²) >= 11 is 0. The Kier molecular flexibility index (Phi) is 3.98. The van der Waals surface area contributed by atoms with Crippen molar-refractivity contribution in [3.63, 3.8) is 0 Å². The van der Waals surface area contributed by atoms with Gasteiger partial charge in [-0.15, -0.1) is 0 Å².